The van der Waals surface area contributed by atoms with E-state index in [0.29, 0.717) is 12.1 Å². The van der Waals surface area contributed by atoms with Crippen LogP contribution in [-0.2, 0) is 11.3 Å². The molecule has 1 amide bonds. The minimum Gasteiger partial charge on any atom is -0.508 e. The van der Waals surface area contributed by atoms with Crippen molar-refractivity contribution < 1.29 is 19.4 Å². The molecule has 2 atom stereocenters. The number of carbonyl (C=O) groups excluding carboxylic acids is 1. The molecule has 2 heterocycles. The molecule has 0 unspecified atom stereocenters. The summed E-state index contributed by atoms with van der Waals surface area (Å²) < 4.78 is 14.4. The first kappa shape index (κ1) is 17.2. The Morgan fingerprint density at radius 2 is 1.96 bits per heavy atom. The zero-order valence-electron chi connectivity index (χ0n) is 13.7. The van der Waals surface area contributed by atoms with Crippen molar-refractivity contribution in [2.45, 2.75) is 32.0 Å². The summed E-state index contributed by atoms with van der Waals surface area (Å²) in [4.78, 5) is 26.2. The molecule has 1 aromatic heterocycles. The second-order valence-corrected chi connectivity index (χ2v) is 6.28. The number of aromatic nitrogens is 1. The number of nitrogens with zero attached hydrogens (tertiary/aromatic N) is 2. The molecule has 0 radical (unpaired) electrons. The number of amides is 1. The van der Waals surface area contributed by atoms with Crippen LogP contribution in [0.3, 0.4) is 0 Å². The first-order chi connectivity index (χ1) is 11.8. The Bertz CT molecular complexity index is 847. The number of hydrogen-bond acceptors (Lipinski definition) is 4. The molecule has 7 heteroatoms. The average molecular weight is 346 g/mol. The maximum atomic E-state index is 13.1. The molecule has 3 rings (SSSR count). The lowest BCUT2D eigenvalue weighted by Gasteiger charge is -2.25. The number of benzene rings is 1. The topological polar surface area (TPSA) is 82.8 Å². The van der Waals surface area contributed by atoms with Gasteiger partial charge < -0.3 is 19.7 Å². The number of aromatic hydroxyl groups is 1. The molecule has 0 aliphatic carbocycles. The number of aryl methyl sites for hydroxylation is 1. The number of likely N-dealkylation sites (tertiary alicyclic amines) is 1. The molecule has 1 aromatic carbocycles. The molecule has 0 bridgehead atoms. The standard InChI is InChI=1S/C18H19FN2O4/c1-11-6-14(22)8-17(24)20(11)10-18(25)21-9-15(23)7-16(21)12-2-4-13(19)5-3-12/h2-6,8,15-16,22-23H,7,9-10H2,1H3/t15-,16-/m1/s1. The number of aliphatic hydroxyl groups is 1. The minimum atomic E-state index is -0.670. The van der Waals surface area contributed by atoms with Crippen LogP contribution >= 0.6 is 0 Å². The first-order valence-corrected chi connectivity index (χ1v) is 7.98. The number of pyridine rings is 1. The van der Waals surface area contributed by atoms with Gasteiger partial charge in [0, 0.05) is 18.3 Å². The first-order valence-electron chi connectivity index (χ1n) is 7.98. The van der Waals surface area contributed by atoms with Crippen LogP contribution in [0, 0.1) is 12.7 Å². The monoisotopic (exact) mass is 346 g/mol. The third-order valence-electron chi connectivity index (χ3n) is 4.47. The van der Waals surface area contributed by atoms with E-state index in [-0.39, 0.29) is 36.6 Å². The molecule has 1 aliphatic rings. The van der Waals surface area contributed by atoms with Gasteiger partial charge in [-0.05, 0) is 37.1 Å². The van der Waals surface area contributed by atoms with Gasteiger partial charge in [-0.1, -0.05) is 12.1 Å². The molecule has 0 spiro atoms. The van der Waals surface area contributed by atoms with Gasteiger partial charge in [-0.25, -0.2) is 4.39 Å². The van der Waals surface area contributed by atoms with Gasteiger partial charge in [-0.15, -0.1) is 0 Å². The smallest absolute Gasteiger partial charge is 0.254 e. The van der Waals surface area contributed by atoms with Gasteiger partial charge in [0.2, 0.25) is 5.91 Å². The molecular weight excluding hydrogens is 327 g/mol. The van der Waals surface area contributed by atoms with E-state index in [9.17, 15) is 24.2 Å². The summed E-state index contributed by atoms with van der Waals surface area (Å²) in [7, 11) is 0. The van der Waals surface area contributed by atoms with Gasteiger partial charge in [-0.2, -0.15) is 0 Å². The van der Waals surface area contributed by atoms with Crippen molar-refractivity contribution in [3.05, 3.63) is 63.8 Å². The molecule has 6 nitrogen and oxygen atoms in total. The van der Waals surface area contributed by atoms with E-state index in [1.54, 1.807) is 19.1 Å². The van der Waals surface area contributed by atoms with Gasteiger partial charge in [-0.3, -0.25) is 9.59 Å². The predicted octanol–water partition coefficient (Wildman–Crippen LogP) is 1.34. The van der Waals surface area contributed by atoms with Crippen molar-refractivity contribution >= 4 is 5.91 Å². The van der Waals surface area contributed by atoms with E-state index in [0.717, 1.165) is 11.6 Å². The molecule has 1 aliphatic heterocycles. The van der Waals surface area contributed by atoms with Crippen molar-refractivity contribution in [3.63, 3.8) is 0 Å². The van der Waals surface area contributed by atoms with Crippen LogP contribution in [0.4, 0.5) is 4.39 Å². The van der Waals surface area contributed by atoms with Crippen molar-refractivity contribution in [2.75, 3.05) is 6.54 Å². The van der Waals surface area contributed by atoms with Gasteiger partial charge >= 0.3 is 0 Å². The van der Waals surface area contributed by atoms with E-state index in [1.165, 1.54) is 27.7 Å². The van der Waals surface area contributed by atoms with E-state index in [4.69, 9.17) is 0 Å². The highest BCUT2D eigenvalue weighted by atomic mass is 19.1. The molecule has 2 aromatic rings. The van der Waals surface area contributed by atoms with E-state index in [1.807, 2.05) is 0 Å². The van der Waals surface area contributed by atoms with Crippen molar-refractivity contribution in [2.24, 2.45) is 0 Å². The number of hydrogen-bond donors (Lipinski definition) is 2. The summed E-state index contributed by atoms with van der Waals surface area (Å²) in [6.45, 7) is 1.60. The highest BCUT2D eigenvalue weighted by Gasteiger charge is 2.35. The van der Waals surface area contributed by atoms with Crippen molar-refractivity contribution in [3.8, 4) is 5.75 Å². The summed E-state index contributed by atoms with van der Waals surface area (Å²) in [6.07, 6.45) is -0.308. The number of β-amino-alcohol motifs (C(OH)–C–C–N with tert-alkyl or cyclic N) is 1. The van der Waals surface area contributed by atoms with Crippen molar-refractivity contribution in [1.82, 2.24) is 9.47 Å². The second-order valence-electron chi connectivity index (χ2n) is 6.28. The highest BCUT2D eigenvalue weighted by Crippen LogP contribution is 2.32. The Hall–Kier alpha value is -2.67. The fourth-order valence-electron chi connectivity index (χ4n) is 3.23. The minimum absolute atomic E-state index is 0.146. The van der Waals surface area contributed by atoms with Crippen LogP contribution in [0.1, 0.15) is 23.7 Å². The predicted molar refractivity (Wildman–Crippen MR) is 88.6 cm³/mol. The summed E-state index contributed by atoms with van der Waals surface area (Å²) in [5, 5.41) is 19.4. The Kier molecular flexibility index (Phi) is 4.59. The van der Waals surface area contributed by atoms with E-state index >= 15 is 0 Å². The maximum Gasteiger partial charge on any atom is 0.254 e. The largest absolute Gasteiger partial charge is 0.508 e. The lowest BCUT2D eigenvalue weighted by Crippen LogP contribution is -2.37. The zero-order valence-corrected chi connectivity index (χ0v) is 13.7. The zero-order chi connectivity index (χ0) is 18.1. The lowest BCUT2D eigenvalue weighted by atomic mass is 10.0. The fraction of sp³-hybridized carbons (Fsp3) is 0.333. The molecule has 1 fully saturated rings. The van der Waals surface area contributed by atoms with Gasteiger partial charge in [0.1, 0.15) is 18.1 Å². The fourth-order valence-corrected chi connectivity index (χ4v) is 3.23. The number of rotatable bonds is 3. The maximum absolute atomic E-state index is 13.1. The summed E-state index contributed by atoms with van der Waals surface area (Å²) in [5.41, 5.74) is 0.737. The van der Waals surface area contributed by atoms with E-state index in [2.05, 4.69) is 0 Å². The van der Waals surface area contributed by atoms with Crippen LogP contribution < -0.4 is 5.56 Å². The van der Waals surface area contributed by atoms with Gasteiger partial charge in [0.25, 0.3) is 5.56 Å². The normalized spacial score (nSPS) is 20.0. The van der Waals surface area contributed by atoms with Gasteiger partial charge in [0.15, 0.2) is 0 Å². The quantitative estimate of drug-likeness (QED) is 0.879. The Morgan fingerprint density at radius 1 is 1.28 bits per heavy atom. The third kappa shape index (κ3) is 3.56. The molecule has 1 saturated heterocycles. The number of carbonyl (C=O) groups is 1. The van der Waals surface area contributed by atoms with Gasteiger partial charge in [0.05, 0.1) is 12.1 Å². The van der Waals surface area contributed by atoms with Crippen LogP contribution in [-0.4, -0.2) is 38.2 Å². The second kappa shape index (κ2) is 6.68. The highest BCUT2D eigenvalue weighted by molar-refractivity contribution is 5.77. The third-order valence-corrected chi connectivity index (χ3v) is 4.47. The summed E-state index contributed by atoms with van der Waals surface area (Å²) >= 11 is 0. The van der Waals surface area contributed by atoms with E-state index < -0.39 is 11.7 Å². The number of aliphatic hydroxyl groups excluding tert-OH is 1. The van der Waals surface area contributed by atoms with Crippen molar-refractivity contribution in [1.29, 1.82) is 0 Å². The summed E-state index contributed by atoms with van der Waals surface area (Å²) in [6, 6.07) is 7.92. The molecule has 132 valence electrons. The SMILES string of the molecule is Cc1cc(O)cc(=O)n1CC(=O)N1C[C@H](O)C[C@@H]1c1ccc(F)cc1. The number of halogens is 1. The molecule has 25 heavy (non-hydrogen) atoms. The van der Waals surface area contributed by atoms with Crippen LogP contribution in [0.25, 0.3) is 0 Å². The average Bonchev–Trinajstić information content (AvgIpc) is 2.93. The van der Waals surface area contributed by atoms with Crippen LogP contribution in [0.5, 0.6) is 5.75 Å². The van der Waals surface area contributed by atoms with Crippen LogP contribution in [0.2, 0.25) is 0 Å². The summed E-state index contributed by atoms with van der Waals surface area (Å²) in [5.74, 6) is -0.833. The molecule has 0 saturated carbocycles. The Labute approximate surface area is 143 Å². The molecule has 2 N–H and O–H groups in total. The molecular formula is C18H19FN2O4. The Morgan fingerprint density at radius 3 is 2.60 bits per heavy atom. The van der Waals surface area contributed by atoms with Crippen LogP contribution in [0.15, 0.2) is 41.2 Å². The lowest BCUT2D eigenvalue weighted by molar-refractivity contribution is -0.133. The Balaban J connectivity index is 1.85.